The summed E-state index contributed by atoms with van der Waals surface area (Å²) in [7, 11) is 2.95. The van der Waals surface area contributed by atoms with Gasteiger partial charge in [0.1, 0.15) is 11.5 Å². The predicted octanol–water partition coefficient (Wildman–Crippen LogP) is 0.631. The lowest BCUT2D eigenvalue weighted by molar-refractivity contribution is -0.120. The molecule has 0 unspecified atom stereocenters. The Hall–Kier alpha value is -3.49. The summed E-state index contributed by atoms with van der Waals surface area (Å²) in [6.45, 7) is -0.502. The van der Waals surface area contributed by atoms with Crippen molar-refractivity contribution < 1.29 is 29.0 Å². The van der Waals surface area contributed by atoms with Crippen LogP contribution in [0.3, 0.4) is 0 Å². The van der Waals surface area contributed by atoms with E-state index in [2.05, 4.69) is 5.32 Å². The molecule has 2 aromatic rings. The van der Waals surface area contributed by atoms with E-state index in [1.165, 1.54) is 14.2 Å². The molecule has 9 nitrogen and oxygen atoms in total. The van der Waals surface area contributed by atoms with Crippen molar-refractivity contribution in [3.63, 3.8) is 0 Å². The maximum Gasteiger partial charge on any atom is 0.337 e. The Morgan fingerprint density at radius 3 is 2.56 bits per heavy atom. The summed E-state index contributed by atoms with van der Waals surface area (Å²) < 4.78 is 10.9. The number of nitrogens with zero attached hydrogens (tertiary/aromatic N) is 1. The summed E-state index contributed by atoms with van der Waals surface area (Å²) in [6.07, 6.45) is 0.992. The lowest BCUT2D eigenvalue weighted by Gasteiger charge is -2.12. The lowest BCUT2D eigenvalue weighted by atomic mass is 10.2. The number of carbonyl (C=O) groups is 2. The lowest BCUT2D eigenvalue weighted by Crippen LogP contribution is -2.32. The summed E-state index contributed by atoms with van der Waals surface area (Å²) in [4.78, 5) is 39.5. The monoisotopic (exact) mass is 348 g/mol. The molecule has 0 radical (unpaired) electrons. The van der Waals surface area contributed by atoms with Gasteiger partial charge in [0.25, 0.3) is 11.5 Å². The molecular weight excluding hydrogens is 332 g/mol. The summed E-state index contributed by atoms with van der Waals surface area (Å²) in [5.74, 6) is -0.832. The van der Waals surface area contributed by atoms with Crippen molar-refractivity contribution in [2.45, 2.75) is 0 Å². The van der Waals surface area contributed by atoms with E-state index in [4.69, 9.17) is 19.4 Å². The van der Waals surface area contributed by atoms with Crippen LogP contribution in [0.4, 0.5) is 5.69 Å². The van der Waals surface area contributed by atoms with Gasteiger partial charge in [0.05, 0.1) is 31.7 Å². The summed E-state index contributed by atoms with van der Waals surface area (Å²) >= 11 is 0. The third-order valence-corrected chi connectivity index (χ3v) is 3.14. The largest absolute Gasteiger partial charge is 0.497 e. The molecule has 0 aliphatic carbocycles. The Kier molecular flexibility index (Phi) is 5.62. The minimum absolute atomic E-state index is 0.142. The number of nitrogens with one attached hydrogen (secondary N) is 1. The van der Waals surface area contributed by atoms with Crippen LogP contribution in [0.2, 0.25) is 0 Å². The smallest absolute Gasteiger partial charge is 0.337 e. The first-order valence-electron chi connectivity index (χ1n) is 7.05. The van der Waals surface area contributed by atoms with Crippen LogP contribution in [0, 0.1) is 0 Å². The van der Waals surface area contributed by atoms with Crippen LogP contribution in [0.25, 0.3) is 0 Å². The van der Waals surface area contributed by atoms with Crippen LogP contribution in [0.5, 0.6) is 11.5 Å². The van der Waals surface area contributed by atoms with Gasteiger partial charge >= 0.3 is 5.97 Å². The molecular formula is C16H16N2O7. The predicted molar refractivity (Wildman–Crippen MR) is 87.3 cm³/mol. The second-order valence-electron chi connectivity index (χ2n) is 4.77. The molecule has 0 aliphatic heterocycles. The first-order valence-corrected chi connectivity index (χ1v) is 7.05. The van der Waals surface area contributed by atoms with E-state index in [-0.39, 0.29) is 5.56 Å². The van der Waals surface area contributed by atoms with E-state index in [0.717, 1.165) is 18.3 Å². The summed E-state index contributed by atoms with van der Waals surface area (Å²) in [5.41, 5.74) is -0.347. The van der Waals surface area contributed by atoms with E-state index in [1.807, 2.05) is 0 Å². The van der Waals surface area contributed by atoms with Gasteiger partial charge in [-0.2, -0.15) is 4.73 Å². The van der Waals surface area contributed by atoms with E-state index >= 15 is 0 Å². The van der Waals surface area contributed by atoms with Crippen LogP contribution in [-0.4, -0.2) is 42.5 Å². The second-order valence-corrected chi connectivity index (χ2v) is 4.77. The molecule has 0 atom stereocenters. The molecule has 25 heavy (non-hydrogen) atoms. The zero-order chi connectivity index (χ0) is 18.4. The van der Waals surface area contributed by atoms with Gasteiger partial charge in [-0.05, 0) is 18.2 Å². The number of aromatic nitrogens is 1. The fraction of sp³-hybridized carbons (Fsp3) is 0.188. The van der Waals surface area contributed by atoms with Crippen LogP contribution in [0.1, 0.15) is 10.4 Å². The van der Waals surface area contributed by atoms with Crippen molar-refractivity contribution in [1.82, 2.24) is 4.73 Å². The number of hydrogen-bond acceptors (Lipinski definition) is 6. The summed E-state index contributed by atoms with van der Waals surface area (Å²) in [5, 5.41) is 11.5. The SMILES string of the molecule is COc1ccc(NC(=O)COn2cc(C(=O)O)ccc2=O)c(OC)c1. The minimum Gasteiger partial charge on any atom is -0.497 e. The number of ether oxygens (including phenoxy) is 2. The first kappa shape index (κ1) is 17.9. The van der Waals surface area contributed by atoms with Crippen molar-refractivity contribution in [3.8, 4) is 11.5 Å². The normalized spacial score (nSPS) is 10.0. The van der Waals surface area contributed by atoms with Crippen LogP contribution < -0.4 is 25.2 Å². The zero-order valence-electron chi connectivity index (χ0n) is 13.5. The second kappa shape index (κ2) is 7.86. The molecule has 0 saturated heterocycles. The number of amides is 1. The van der Waals surface area contributed by atoms with Crippen LogP contribution in [0.15, 0.2) is 41.3 Å². The maximum atomic E-state index is 12.0. The van der Waals surface area contributed by atoms with Gasteiger partial charge in [-0.3, -0.25) is 9.59 Å². The van der Waals surface area contributed by atoms with Gasteiger partial charge < -0.3 is 24.7 Å². The molecule has 1 amide bonds. The Morgan fingerprint density at radius 2 is 1.92 bits per heavy atom. The Labute approximate surface area is 142 Å². The standard InChI is InChI=1S/C16H16N2O7/c1-23-11-4-5-12(13(7-11)24-2)17-14(19)9-25-18-8-10(16(21)22)3-6-15(18)20/h3-8H,9H2,1-2H3,(H,17,19)(H,21,22). The highest BCUT2D eigenvalue weighted by atomic mass is 16.7. The van der Waals surface area contributed by atoms with E-state index in [9.17, 15) is 14.4 Å². The van der Waals surface area contributed by atoms with Gasteiger partial charge in [-0.25, -0.2) is 4.79 Å². The molecule has 1 heterocycles. The van der Waals surface area contributed by atoms with E-state index < -0.39 is 24.0 Å². The van der Waals surface area contributed by atoms with Gasteiger partial charge in [0.2, 0.25) is 0 Å². The van der Waals surface area contributed by atoms with E-state index in [0.29, 0.717) is 21.9 Å². The molecule has 1 aromatic carbocycles. The number of rotatable bonds is 7. The highest BCUT2D eigenvalue weighted by molar-refractivity contribution is 5.93. The van der Waals surface area contributed by atoms with Crippen LogP contribution >= 0.6 is 0 Å². The number of methoxy groups -OCH3 is 2. The molecule has 0 aliphatic rings. The Balaban J connectivity index is 2.05. The van der Waals surface area contributed by atoms with Crippen molar-refractivity contribution in [2.24, 2.45) is 0 Å². The molecule has 0 bridgehead atoms. The molecule has 2 rings (SSSR count). The molecule has 2 N–H and O–H groups in total. The van der Waals surface area contributed by atoms with Crippen LogP contribution in [-0.2, 0) is 4.79 Å². The number of carboxylic acid groups (broad SMARTS) is 1. The van der Waals surface area contributed by atoms with Gasteiger partial charge in [-0.15, -0.1) is 0 Å². The highest BCUT2D eigenvalue weighted by Gasteiger charge is 2.11. The molecule has 0 saturated carbocycles. The Morgan fingerprint density at radius 1 is 1.16 bits per heavy atom. The van der Waals surface area contributed by atoms with Crippen molar-refractivity contribution in [1.29, 1.82) is 0 Å². The Bertz CT molecular complexity index is 845. The first-order chi connectivity index (χ1) is 11.9. The maximum absolute atomic E-state index is 12.0. The molecule has 0 spiro atoms. The highest BCUT2D eigenvalue weighted by Crippen LogP contribution is 2.28. The average Bonchev–Trinajstić information content (AvgIpc) is 2.61. The minimum atomic E-state index is -1.22. The number of carbonyl (C=O) groups excluding carboxylic acids is 1. The number of carboxylic acids is 1. The van der Waals surface area contributed by atoms with Gasteiger partial charge in [0.15, 0.2) is 6.61 Å². The molecule has 132 valence electrons. The van der Waals surface area contributed by atoms with E-state index in [1.54, 1.807) is 18.2 Å². The molecule has 0 fully saturated rings. The van der Waals surface area contributed by atoms with Gasteiger partial charge in [-0.1, -0.05) is 0 Å². The fourth-order valence-corrected chi connectivity index (χ4v) is 1.91. The fourth-order valence-electron chi connectivity index (χ4n) is 1.91. The third kappa shape index (κ3) is 4.50. The number of anilines is 1. The van der Waals surface area contributed by atoms with Gasteiger partial charge in [0, 0.05) is 12.1 Å². The zero-order valence-corrected chi connectivity index (χ0v) is 13.5. The number of benzene rings is 1. The topological polar surface area (TPSA) is 116 Å². The number of pyridine rings is 1. The van der Waals surface area contributed by atoms with Crippen molar-refractivity contribution in [3.05, 3.63) is 52.4 Å². The van der Waals surface area contributed by atoms with Crippen molar-refractivity contribution in [2.75, 3.05) is 26.1 Å². The quantitative estimate of drug-likeness (QED) is 0.754. The summed E-state index contributed by atoms with van der Waals surface area (Å²) in [6, 6.07) is 7.00. The number of hydrogen-bond donors (Lipinski definition) is 2. The molecule has 9 heteroatoms. The number of aromatic carboxylic acids is 1. The van der Waals surface area contributed by atoms with Crippen molar-refractivity contribution >= 4 is 17.6 Å². The third-order valence-electron chi connectivity index (χ3n) is 3.14. The molecule has 1 aromatic heterocycles. The average molecular weight is 348 g/mol.